The first kappa shape index (κ1) is 14.8. The molecule has 0 spiro atoms. The number of benzene rings is 2. The molecule has 0 saturated heterocycles. The Balaban J connectivity index is 0.00000147. The third-order valence-corrected chi connectivity index (χ3v) is 4.18. The molecule has 20 heavy (non-hydrogen) atoms. The highest BCUT2D eigenvalue weighted by molar-refractivity contribution is 7.10. The summed E-state index contributed by atoms with van der Waals surface area (Å²) < 4.78 is 0. The van der Waals surface area contributed by atoms with E-state index in [1.54, 1.807) is 11.3 Å². The minimum absolute atomic E-state index is 0. The normalized spacial score (nSPS) is 11.7. The van der Waals surface area contributed by atoms with Crippen LogP contribution in [-0.2, 0) is 0 Å². The Hall–Kier alpha value is -1.61. The van der Waals surface area contributed by atoms with Gasteiger partial charge in [0.05, 0.1) is 6.04 Å². The summed E-state index contributed by atoms with van der Waals surface area (Å²) in [6, 6.07) is 23.0. The van der Waals surface area contributed by atoms with Gasteiger partial charge in [0, 0.05) is 4.88 Å². The molecule has 0 bridgehead atoms. The smallest absolute Gasteiger partial charge is 0.0645 e. The molecule has 3 rings (SSSR count). The first-order valence-corrected chi connectivity index (χ1v) is 7.17. The second-order valence-corrected chi connectivity index (χ2v) is 5.46. The molecule has 0 aliphatic heterocycles. The van der Waals surface area contributed by atoms with Crippen LogP contribution in [-0.4, -0.2) is 0 Å². The lowest BCUT2D eigenvalue weighted by molar-refractivity contribution is 0.894. The number of halogens is 1. The van der Waals surface area contributed by atoms with Crippen LogP contribution in [0.3, 0.4) is 0 Å². The first-order chi connectivity index (χ1) is 9.34. The Kier molecular flexibility index (Phi) is 4.96. The van der Waals surface area contributed by atoms with Crippen LogP contribution < -0.4 is 5.73 Å². The SMILES string of the molecule is Cl.N[C@H](c1ccc(-c2ccccc2)cc1)c1cccs1. The number of hydrogen-bond acceptors (Lipinski definition) is 2. The van der Waals surface area contributed by atoms with Crippen molar-refractivity contribution in [1.29, 1.82) is 0 Å². The summed E-state index contributed by atoms with van der Waals surface area (Å²) in [5, 5.41) is 2.06. The molecular formula is C17H16ClNS. The third kappa shape index (κ3) is 3.10. The second-order valence-electron chi connectivity index (χ2n) is 4.48. The van der Waals surface area contributed by atoms with Crippen molar-refractivity contribution in [2.75, 3.05) is 0 Å². The van der Waals surface area contributed by atoms with E-state index >= 15 is 0 Å². The van der Waals surface area contributed by atoms with Crippen molar-refractivity contribution < 1.29 is 0 Å². The summed E-state index contributed by atoms with van der Waals surface area (Å²) in [7, 11) is 0. The first-order valence-electron chi connectivity index (χ1n) is 6.29. The average molecular weight is 302 g/mol. The maximum absolute atomic E-state index is 6.26. The van der Waals surface area contributed by atoms with E-state index in [9.17, 15) is 0 Å². The van der Waals surface area contributed by atoms with E-state index in [1.807, 2.05) is 12.1 Å². The van der Waals surface area contributed by atoms with Crippen LogP contribution in [0.5, 0.6) is 0 Å². The molecule has 0 aliphatic carbocycles. The molecule has 1 nitrogen and oxygen atoms in total. The number of hydrogen-bond donors (Lipinski definition) is 1. The Morgan fingerprint density at radius 2 is 1.40 bits per heavy atom. The highest BCUT2D eigenvalue weighted by Crippen LogP contribution is 2.26. The molecule has 0 radical (unpaired) electrons. The predicted octanol–water partition coefficient (Wildman–Crippen LogP) is 4.89. The van der Waals surface area contributed by atoms with Crippen molar-refractivity contribution in [2.45, 2.75) is 6.04 Å². The molecular weight excluding hydrogens is 286 g/mol. The van der Waals surface area contributed by atoms with Crippen molar-refractivity contribution in [3.8, 4) is 11.1 Å². The van der Waals surface area contributed by atoms with Gasteiger partial charge in [-0.05, 0) is 28.1 Å². The van der Waals surface area contributed by atoms with E-state index in [2.05, 4.69) is 60.0 Å². The molecule has 102 valence electrons. The molecule has 0 amide bonds. The topological polar surface area (TPSA) is 26.0 Å². The minimum atomic E-state index is -0.0233. The van der Waals surface area contributed by atoms with Gasteiger partial charge in [-0.2, -0.15) is 0 Å². The zero-order valence-electron chi connectivity index (χ0n) is 10.9. The fourth-order valence-electron chi connectivity index (χ4n) is 2.15. The monoisotopic (exact) mass is 301 g/mol. The van der Waals surface area contributed by atoms with Gasteiger partial charge in [0.2, 0.25) is 0 Å². The van der Waals surface area contributed by atoms with Gasteiger partial charge in [-0.1, -0.05) is 60.7 Å². The molecule has 0 saturated carbocycles. The lowest BCUT2D eigenvalue weighted by Gasteiger charge is -2.11. The van der Waals surface area contributed by atoms with Gasteiger partial charge in [0.25, 0.3) is 0 Å². The summed E-state index contributed by atoms with van der Waals surface area (Å²) in [6.07, 6.45) is 0. The summed E-state index contributed by atoms with van der Waals surface area (Å²) in [4.78, 5) is 1.20. The zero-order chi connectivity index (χ0) is 13.1. The standard InChI is InChI=1S/C17H15NS.ClH/c18-17(16-7-4-12-19-16)15-10-8-14(9-11-15)13-5-2-1-3-6-13;/h1-12,17H,18H2;1H/t17-;/m1./s1. The highest BCUT2D eigenvalue weighted by atomic mass is 35.5. The van der Waals surface area contributed by atoms with Crippen LogP contribution in [0.1, 0.15) is 16.5 Å². The van der Waals surface area contributed by atoms with Gasteiger partial charge in [-0.3, -0.25) is 0 Å². The summed E-state index contributed by atoms with van der Waals surface area (Å²) in [5.74, 6) is 0. The fraction of sp³-hybridized carbons (Fsp3) is 0.0588. The van der Waals surface area contributed by atoms with E-state index in [-0.39, 0.29) is 18.4 Å². The van der Waals surface area contributed by atoms with Gasteiger partial charge < -0.3 is 5.73 Å². The number of nitrogens with two attached hydrogens (primary N) is 1. The Bertz CT molecular complexity index is 633. The van der Waals surface area contributed by atoms with Crippen LogP contribution in [0.2, 0.25) is 0 Å². The van der Waals surface area contributed by atoms with Crippen molar-refractivity contribution in [1.82, 2.24) is 0 Å². The van der Waals surface area contributed by atoms with Crippen molar-refractivity contribution in [3.05, 3.63) is 82.6 Å². The molecule has 3 heteroatoms. The number of thiophene rings is 1. The van der Waals surface area contributed by atoms with Gasteiger partial charge in [-0.15, -0.1) is 23.7 Å². The van der Waals surface area contributed by atoms with Crippen molar-refractivity contribution >= 4 is 23.7 Å². The lowest BCUT2D eigenvalue weighted by Crippen LogP contribution is -2.09. The maximum Gasteiger partial charge on any atom is 0.0645 e. The van der Waals surface area contributed by atoms with E-state index in [0.717, 1.165) is 5.56 Å². The molecule has 2 aromatic carbocycles. The molecule has 1 atom stereocenters. The van der Waals surface area contributed by atoms with Gasteiger partial charge >= 0.3 is 0 Å². The van der Waals surface area contributed by atoms with Crippen LogP contribution in [0.15, 0.2) is 72.1 Å². The lowest BCUT2D eigenvalue weighted by atomic mass is 10.0. The van der Waals surface area contributed by atoms with E-state index in [4.69, 9.17) is 5.73 Å². The highest BCUT2D eigenvalue weighted by Gasteiger charge is 2.09. The summed E-state index contributed by atoms with van der Waals surface area (Å²) >= 11 is 1.70. The predicted molar refractivity (Wildman–Crippen MR) is 89.5 cm³/mol. The Morgan fingerprint density at radius 3 is 2.00 bits per heavy atom. The van der Waals surface area contributed by atoms with E-state index < -0.39 is 0 Å². The molecule has 0 unspecified atom stereocenters. The van der Waals surface area contributed by atoms with Crippen molar-refractivity contribution in [2.24, 2.45) is 5.73 Å². The summed E-state index contributed by atoms with van der Waals surface area (Å²) in [5.41, 5.74) is 9.87. The van der Waals surface area contributed by atoms with Gasteiger partial charge in [-0.25, -0.2) is 0 Å². The largest absolute Gasteiger partial charge is 0.320 e. The van der Waals surface area contributed by atoms with Crippen LogP contribution in [0, 0.1) is 0 Å². The molecule has 2 N–H and O–H groups in total. The zero-order valence-corrected chi connectivity index (χ0v) is 12.5. The van der Waals surface area contributed by atoms with Gasteiger partial charge in [0.1, 0.15) is 0 Å². The molecule has 0 fully saturated rings. The second kappa shape index (κ2) is 6.71. The van der Waals surface area contributed by atoms with Crippen molar-refractivity contribution in [3.63, 3.8) is 0 Å². The van der Waals surface area contributed by atoms with Gasteiger partial charge in [0.15, 0.2) is 0 Å². The Morgan fingerprint density at radius 1 is 0.750 bits per heavy atom. The van der Waals surface area contributed by atoms with Crippen LogP contribution in [0.25, 0.3) is 11.1 Å². The maximum atomic E-state index is 6.26. The average Bonchev–Trinajstić information content (AvgIpc) is 3.02. The molecule has 3 aromatic rings. The van der Waals surface area contributed by atoms with E-state index in [0.29, 0.717) is 0 Å². The van der Waals surface area contributed by atoms with E-state index in [1.165, 1.54) is 16.0 Å². The van der Waals surface area contributed by atoms with Crippen LogP contribution >= 0.6 is 23.7 Å². The minimum Gasteiger partial charge on any atom is -0.320 e. The fourth-order valence-corrected chi connectivity index (χ4v) is 2.90. The molecule has 0 aliphatic rings. The Labute approximate surface area is 129 Å². The third-order valence-electron chi connectivity index (χ3n) is 3.23. The molecule has 1 aromatic heterocycles. The summed E-state index contributed by atoms with van der Waals surface area (Å²) in [6.45, 7) is 0. The quantitative estimate of drug-likeness (QED) is 0.732. The number of rotatable bonds is 3. The molecule has 1 heterocycles. The van der Waals surface area contributed by atoms with Crippen LogP contribution in [0.4, 0.5) is 0 Å².